The fourth-order valence-corrected chi connectivity index (χ4v) is 2.85. The van der Waals surface area contributed by atoms with E-state index in [2.05, 4.69) is 4.98 Å². The van der Waals surface area contributed by atoms with E-state index in [0.717, 1.165) is 10.2 Å². The number of benzene rings is 2. The molecule has 0 amide bonds. The van der Waals surface area contributed by atoms with Gasteiger partial charge in [-0.25, -0.2) is 4.98 Å². The van der Waals surface area contributed by atoms with Crippen molar-refractivity contribution in [1.82, 2.24) is 4.98 Å². The summed E-state index contributed by atoms with van der Waals surface area (Å²) >= 11 is 1.34. The molecule has 0 bridgehead atoms. The summed E-state index contributed by atoms with van der Waals surface area (Å²) in [6.07, 6.45) is 0. The Morgan fingerprint density at radius 3 is 2.74 bits per heavy atom. The van der Waals surface area contributed by atoms with Crippen molar-refractivity contribution in [3.05, 3.63) is 58.6 Å². The highest BCUT2D eigenvalue weighted by atomic mass is 32.1. The second-order valence-electron chi connectivity index (χ2n) is 4.29. The van der Waals surface area contributed by atoms with Gasteiger partial charge in [-0.15, -0.1) is 11.3 Å². The molecule has 0 radical (unpaired) electrons. The zero-order chi connectivity index (χ0) is 13.4. The van der Waals surface area contributed by atoms with Gasteiger partial charge in [-0.1, -0.05) is 24.3 Å². The number of rotatable bonds is 2. The Morgan fingerprint density at radius 1 is 1.16 bits per heavy atom. The summed E-state index contributed by atoms with van der Waals surface area (Å²) in [6.45, 7) is 1.77. The molecule has 0 saturated carbocycles. The second-order valence-corrected chi connectivity index (χ2v) is 5.32. The van der Waals surface area contributed by atoms with Crippen LogP contribution < -0.4 is 0 Å². The van der Waals surface area contributed by atoms with Crippen molar-refractivity contribution in [1.29, 1.82) is 0 Å². The van der Waals surface area contributed by atoms with Crippen molar-refractivity contribution in [3.63, 3.8) is 0 Å². The largest absolute Gasteiger partial charge is 0.507 e. The topological polar surface area (TPSA) is 50.2 Å². The third kappa shape index (κ3) is 2.00. The molecule has 1 N–H and O–H groups in total. The average Bonchev–Trinajstić information content (AvgIpc) is 2.85. The highest BCUT2D eigenvalue weighted by Crippen LogP contribution is 2.28. The number of para-hydroxylation sites is 2. The Bertz CT molecular complexity index is 744. The number of aryl methyl sites for hydroxylation is 1. The number of fused-ring (bicyclic) bond motifs is 1. The summed E-state index contributed by atoms with van der Waals surface area (Å²) in [5.41, 5.74) is 1.80. The van der Waals surface area contributed by atoms with Gasteiger partial charge in [-0.3, -0.25) is 4.79 Å². The maximum absolute atomic E-state index is 12.4. The van der Waals surface area contributed by atoms with Gasteiger partial charge in [0, 0.05) is 0 Å². The van der Waals surface area contributed by atoms with Crippen LogP contribution in [0.25, 0.3) is 10.2 Å². The Morgan fingerprint density at radius 2 is 1.95 bits per heavy atom. The third-order valence-corrected chi connectivity index (χ3v) is 4.01. The summed E-state index contributed by atoms with van der Waals surface area (Å²) in [5, 5.41) is 10.4. The van der Waals surface area contributed by atoms with E-state index in [0.29, 0.717) is 16.1 Å². The quantitative estimate of drug-likeness (QED) is 0.724. The van der Waals surface area contributed by atoms with Gasteiger partial charge in [0.2, 0.25) is 5.78 Å². The van der Waals surface area contributed by atoms with Crippen molar-refractivity contribution in [2.45, 2.75) is 6.92 Å². The molecule has 0 saturated heterocycles. The maximum Gasteiger partial charge on any atom is 0.225 e. The average molecular weight is 269 g/mol. The number of nitrogens with zero attached hydrogens (tertiary/aromatic N) is 1. The van der Waals surface area contributed by atoms with Gasteiger partial charge in [-0.05, 0) is 30.7 Å². The van der Waals surface area contributed by atoms with Crippen LogP contribution in [0, 0.1) is 6.92 Å². The smallest absolute Gasteiger partial charge is 0.225 e. The molecule has 3 nitrogen and oxygen atoms in total. The molecule has 0 aliphatic heterocycles. The summed E-state index contributed by atoms with van der Waals surface area (Å²) in [5.74, 6) is -0.200. The van der Waals surface area contributed by atoms with E-state index in [4.69, 9.17) is 0 Å². The minimum Gasteiger partial charge on any atom is -0.507 e. The number of hydrogen-bond donors (Lipinski definition) is 1. The Labute approximate surface area is 114 Å². The summed E-state index contributed by atoms with van der Waals surface area (Å²) in [7, 11) is 0. The van der Waals surface area contributed by atoms with Crippen molar-refractivity contribution in [2.75, 3.05) is 0 Å². The zero-order valence-corrected chi connectivity index (χ0v) is 11.1. The van der Waals surface area contributed by atoms with Crippen LogP contribution in [0.2, 0.25) is 0 Å². The van der Waals surface area contributed by atoms with Crippen LogP contribution >= 0.6 is 11.3 Å². The van der Waals surface area contributed by atoms with E-state index in [-0.39, 0.29) is 11.5 Å². The Balaban J connectivity index is 2.11. The number of hydrogen-bond acceptors (Lipinski definition) is 4. The number of ketones is 1. The van der Waals surface area contributed by atoms with Crippen LogP contribution in [0.1, 0.15) is 20.9 Å². The molecule has 0 atom stereocenters. The molecule has 1 heterocycles. The van der Waals surface area contributed by atoms with E-state index >= 15 is 0 Å². The molecular formula is C15H11NO2S. The van der Waals surface area contributed by atoms with E-state index in [1.54, 1.807) is 25.1 Å². The predicted octanol–water partition coefficient (Wildman–Crippen LogP) is 3.54. The summed E-state index contributed by atoms with van der Waals surface area (Å²) in [6, 6.07) is 12.8. The van der Waals surface area contributed by atoms with Gasteiger partial charge in [0.25, 0.3) is 0 Å². The van der Waals surface area contributed by atoms with Crippen LogP contribution in [0.15, 0.2) is 42.5 Å². The first kappa shape index (κ1) is 11.9. The van der Waals surface area contributed by atoms with Gasteiger partial charge >= 0.3 is 0 Å². The lowest BCUT2D eigenvalue weighted by molar-refractivity contribution is 0.103. The molecule has 0 unspecified atom stereocenters. The molecule has 1 aromatic heterocycles. The predicted molar refractivity (Wildman–Crippen MR) is 75.9 cm³/mol. The lowest BCUT2D eigenvalue weighted by atomic mass is 10.1. The van der Waals surface area contributed by atoms with E-state index < -0.39 is 0 Å². The van der Waals surface area contributed by atoms with Crippen LogP contribution in [0.5, 0.6) is 5.75 Å². The van der Waals surface area contributed by atoms with Gasteiger partial charge in [0.05, 0.1) is 15.8 Å². The van der Waals surface area contributed by atoms with Crippen molar-refractivity contribution in [2.24, 2.45) is 0 Å². The normalized spacial score (nSPS) is 10.8. The van der Waals surface area contributed by atoms with Crippen LogP contribution in [-0.2, 0) is 0 Å². The highest BCUT2D eigenvalue weighted by Gasteiger charge is 2.18. The van der Waals surface area contributed by atoms with Gasteiger partial charge in [0.15, 0.2) is 5.01 Å². The zero-order valence-electron chi connectivity index (χ0n) is 10.3. The minimum absolute atomic E-state index is 0.0340. The number of aromatic hydroxyl groups is 1. The molecule has 3 rings (SSSR count). The second kappa shape index (κ2) is 4.48. The Kier molecular flexibility index (Phi) is 2.80. The molecule has 4 heteroatoms. The van der Waals surface area contributed by atoms with E-state index in [1.807, 2.05) is 24.3 Å². The molecular weight excluding hydrogens is 258 g/mol. The first-order valence-corrected chi connectivity index (χ1v) is 6.67. The standard InChI is InChI=1S/C15H11NO2S/c1-9-5-4-6-10(13(9)17)14(18)15-16-11-7-2-3-8-12(11)19-15/h2-8,17H,1H3. The number of carbonyl (C=O) groups excluding carboxylic acids is 1. The number of phenols is 1. The van der Waals surface area contributed by atoms with Gasteiger partial charge in [0.1, 0.15) is 5.75 Å². The molecule has 94 valence electrons. The van der Waals surface area contributed by atoms with Crippen LogP contribution in [0.3, 0.4) is 0 Å². The van der Waals surface area contributed by atoms with Gasteiger partial charge < -0.3 is 5.11 Å². The van der Waals surface area contributed by atoms with E-state index in [9.17, 15) is 9.90 Å². The van der Waals surface area contributed by atoms with Crippen molar-refractivity contribution < 1.29 is 9.90 Å². The molecule has 0 aliphatic rings. The first-order valence-electron chi connectivity index (χ1n) is 5.85. The number of carbonyl (C=O) groups is 1. The first-order chi connectivity index (χ1) is 9.16. The van der Waals surface area contributed by atoms with Crippen LogP contribution in [-0.4, -0.2) is 15.9 Å². The molecule has 2 aromatic carbocycles. The molecule has 19 heavy (non-hydrogen) atoms. The number of thiazole rings is 1. The number of phenolic OH excluding ortho intramolecular Hbond substituents is 1. The van der Waals surface area contributed by atoms with Crippen molar-refractivity contribution in [3.8, 4) is 5.75 Å². The monoisotopic (exact) mass is 269 g/mol. The molecule has 3 aromatic rings. The number of aromatic nitrogens is 1. The van der Waals surface area contributed by atoms with Gasteiger partial charge in [-0.2, -0.15) is 0 Å². The highest BCUT2D eigenvalue weighted by molar-refractivity contribution is 7.20. The maximum atomic E-state index is 12.4. The van der Waals surface area contributed by atoms with Crippen molar-refractivity contribution >= 4 is 27.3 Å². The fraction of sp³-hybridized carbons (Fsp3) is 0.0667. The fourth-order valence-electron chi connectivity index (χ4n) is 1.93. The summed E-state index contributed by atoms with van der Waals surface area (Å²) < 4.78 is 0.970. The van der Waals surface area contributed by atoms with E-state index in [1.165, 1.54) is 11.3 Å². The lowest BCUT2D eigenvalue weighted by Gasteiger charge is -2.03. The lowest BCUT2D eigenvalue weighted by Crippen LogP contribution is -2.01. The molecule has 0 fully saturated rings. The summed E-state index contributed by atoms with van der Waals surface area (Å²) in [4.78, 5) is 16.7. The molecule has 0 aliphatic carbocycles. The Hall–Kier alpha value is -2.20. The van der Waals surface area contributed by atoms with Crippen LogP contribution in [0.4, 0.5) is 0 Å². The SMILES string of the molecule is Cc1cccc(C(=O)c2nc3ccccc3s2)c1O. The molecule has 0 spiro atoms. The minimum atomic E-state index is -0.234. The third-order valence-electron chi connectivity index (χ3n) is 2.97.